The highest BCUT2D eigenvalue weighted by atomic mass is 19.1. The molecule has 1 atom stereocenters. The van der Waals surface area contributed by atoms with Gasteiger partial charge in [0.05, 0.1) is 20.3 Å². The van der Waals surface area contributed by atoms with E-state index in [0.717, 1.165) is 0 Å². The maximum absolute atomic E-state index is 14.3. The zero-order chi connectivity index (χ0) is 20.0. The lowest BCUT2D eigenvalue weighted by molar-refractivity contribution is -0.139. The third-order valence-corrected chi connectivity index (χ3v) is 3.78. The van der Waals surface area contributed by atoms with Crippen LogP contribution in [0.4, 0.5) is 4.39 Å². The summed E-state index contributed by atoms with van der Waals surface area (Å²) in [6.45, 7) is 1.12. The number of benzene rings is 2. The molecule has 2 rings (SSSR count). The lowest BCUT2D eigenvalue weighted by Crippen LogP contribution is -2.27. The second kappa shape index (κ2) is 8.88. The number of ether oxygens (including phenoxy) is 3. The molecule has 0 bridgehead atoms. The van der Waals surface area contributed by atoms with Crippen molar-refractivity contribution in [3.63, 3.8) is 0 Å². The Morgan fingerprint density at radius 1 is 1.15 bits per heavy atom. The Bertz CT molecular complexity index is 839. The maximum atomic E-state index is 14.3. The van der Waals surface area contributed by atoms with Crippen LogP contribution >= 0.6 is 0 Å². The summed E-state index contributed by atoms with van der Waals surface area (Å²) in [7, 11) is 2.84. The van der Waals surface area contributed by atoms with Crippen LogP contribution in [-0.2, 0) is 4.79 Å². The molecule has 2 N–H and O–H groups in total. The number of carboxylic acids is 1. The molecule has 8 heteroatoms. The second-order valence-electron chi connectivity index (χ2n) is 5.63. The lowest BCUT2D eigenvalue weighted by atomic mass is 10.1. The first-order valence-electron chi connectivity index (χ1n) is 8.02. The van der Waals surface area contributed by atoms with Crippen LogP contribution in [0.5, 0.6) is 17.2 Å². The van der Waals surface area contributed by atoms with Crippen molar-refractivity contribution in [1.29, 1.82) is 0 Å². The number of hydrogen-bond donors (Lipinski definition) is 2. The molecule has 0 aliphatic rings. The smallest absolute Gasteiger partial charge is 0.341 e. The predicted octanol–water partition coefficient (Wildman–Crippen LogP) is 2.80. The van der Waals surface area contributed by atoms with Gasteiger partial charge in [-0.1, -0.05) is 6.07 Å². The molecule has 0 aliphatic heterocycles. The quantitative estimate of drug-likeness (QED) is 0.735. The number of carboxylic acid groups (broad SMARTS) is 1. The van der Waals surface area contributed by atoms with Crippen molar-refractivity contribution in [3.05, 3.63) is 53.3 Å². The van der Waals surface area contributed by atoms with Crippen molar-refractivity contribution in [1.82, 2.24) is 5.32 Å². The summed E-state index contributed by atoms with van der Waals surface area (Å²) < 4.78 is 29.6. The first kappa shape index (κ1) is 20.0. The summed E-state index contributed by atoms with van der Waals surface area (Å²) in [6.07, 6.45) is 0. The minimum atomic E-state index is -1.12. The molecule has 0 saturated heterocycles. The van der Waals surface area contributed by atoms with Gasteiger partial charge >= 0.3 is 5.97 Å². The number of halogens is 1. The predicted molar refractivity (Wildman–Crippen MR) is 95.0 cm³/mol. The van der Waals surface area contributed by atoms with Crippen LogP contribution in [-0.4, -0.2) is 37.8 Å². The standard InChI is InChI=1S/C19H20FNO6/c1-11(14-8-16(25-2)17(26-3)9-15(14)20)21-19(24)12-5-4-6-13(7-12)27-10-18(22)23/h4-9,11H,10H2,1-3H3,(H,21,24)(H,22,23). The van der Waals surface area contributed by atoms with Crippen LogP contribution in [0.25, 0.3) is 0 Å². The van der Waals surface area contributed by atoms with Crippen LogP contribution in [0.2, 0.25) is 0 Å². The number of methoxy groups -OCH3 is 2. The number of amides is 1. The first-order chi connectivity index (χ1) is 12.8. The van der Waals surface area contributed by atoms with E-state index in [-0.39, 0.29) is 22.6 Å². The summed E-state index contributed by atoms with van der Waals surface area (Å²) in [5, 5.41) is 11.3. The van der Waals surface area contributed by atoms with Crippen molar-refractivity contribution < 1.29 is 33.3 Å². The Morgan fingerprint density at radius 2 is 1.81 bits per heavy atom. The van der Waals surface area contributed by atoms with E-state index in [4.69, 9.17) is 19.3 Å². The van der Waals surface area contributed by atoms with Crippen molar-refractivity contribution >= 4 is 11.9 Å². The van der Waals surface area contributed by atoms with E-state index in [1.807, 2.05) is 0 Å². The molecule has 1 unspecified atom stereocenters. The van der Waals surface area contributed by atoms with Gasteiger partial charge < -0.3 is 24.6 Å². The van der Waals surface area contributed by atoms with Crippen molar-refractivity contribution in [2.75, 3.05) is 20.8 Å². The topological polar surface area (TPSA) is 94.1 Å². The minimum Gasteiger partial charge on any atom is -0.493 e. The van der Waals surface area contributed by atoms with Crippen molar-refractivity contribution in [3.8, 4) is 17.2 Å². The Balaban J connectivity index is 2.16. The Labute approximate surface area is 155 Å². The Hall–Kier alpha value is -3.29. The third kappa shape index (κ3) is 5.10. The normalized spacial score (nSPS) is 11.4. The highest BCUT2D eigenvalue weighted by Gasteiger charge is 2.19. The molecule has 0 radical (unpaired) electrons. The molecule has 7 nitrogen and oxygen atoms in total. The van der Waals surface area contributed by atoms with Gasteiger partial charge in [-0.25, -0.2) is 9.18 Å². The van der Waals surface area contributed by atoms with E-state index in [1.165, 1.54) is 38.5 Å². The molecule has 0 aromatic heterocycles. The van der Waals surface area contributed by atoms with Crippen molar-refractivity contribution in [2.45, 2.75) is 13.0 Å². The monoisotopic (exact) mass is 377 g/mol. The number of carbonyl (C=O) groups is 2. The van der Waals surface area contributed by atoms with Gasteiger partial charge in [-0.2, -0.15) is 0 Å². The molecule has 2 aromatic rings. The zero-order valence-electron chi connectivity index (χ0n) is 15.1. The van der Waals surface area contributed by atoms with E-state index in [2.05, 4.69) is 5.32 Å². The van der Waals surface area contributed by atoms with E-state index >= 15 is 0 Å². The van der Waals surface area contributed by atoms with Gasteiger partial charge in [0.2, 0.25) is 0 Å². The van der Waals surface area contributed by atoms with Gasteiger partial charge in [0, 0.05) is 17.2 Å². The number of rotatable bonds is 8. The number of aliphatic carboxylic acids is 1. The molecule has 27 heavy (non-hydrogen) atoms. The van der Waals surface area contributed by atoms with E-state index in [1.54, 1.807) is 19.1 Å². The molecule has 0 saturated carbocycles. The summed E-state index contributed by atoms with van der Waals surface area (Å²) in [5.41, 5.74) is 0.491. The largest absolute Gasteiger partial charge is 0.493 e. The van der Waals surface area contributed by atoms with E-state index < -0.39 is 30.3 Å². The van der Waals surface area contributed by atoms with Crippen LogP contribution in [0.1, 0.15) is 28.9 Å². The van der Waals surface area contributed by atoms with Gasteiger partial charge in [0.1, 0.15) is 11.6 Å². The number of carbonyl (C=O) groups excluding carboxylic acids is 1. The molecular formula is C19H20FNO6. The maximum Gasteiger partial charge on any atom is 0.341 e. The van der Waals surface area contributed by atoms with E-state index in [9.17, 15) is 14.0 Å². The van der Waals surface area contributed by atoms with Crippen LogP contribution < -0.4 is 19.5 Å². The first-order valence-corrected chi connectivity index (χ1v) is 8.02. The molecule has 0 fully saturated rings. The van der Waals surface area contributed by atoms with Gasteiger partial charge in [0.25, 0.3) is 5.91 Å². The lowest BCUT2D eigenvalue weighted by Gasteiger charge is -2.18. The Morgan fingerprint density at radius 3 is 2.44 bits per heavy atom. The third-order valence-electron chi connectivity index (χ3n) is 3.78. The SMILES string of the molecule is COc1cc(F)c(C(C)NC(=O)c2cccc(OCC(=O)O)c2)cc1OC. The fourth-order valence-corrected chi connectivity index (χ4v) is 2.43. The molecule has 2 aromatic carbocycles. The number of nitrogens with one attached hydrogen (secondary N) is 1. The Kier molecular flexibility index (Phi) is 6.59. The van der Waals surface area contributed by atoms with Crippen molar-refractivity contribution in [2.24, 2.45) is 0 Å². The highest BCUT2D eigenvalue weighted by Crippen LogP contribution is 2.32. The molecule has 0 spiro atoms. The average molecular weight is 377 g/mol. The van der Waals surface area contributed by atoms with Crippen LogP contribution in [0.3, 0.4) is 0 Å². The molecular weight excluding hydrogens is 357 g/mol. The van der Waals surface area contributed by atoms with Gasteiger partial charge in [-0.3, -0.25) is 4.79 Å². The second-order valence-corrected chi connectivity index (χ2v) is 5.63. The fourth-order valence-electron chi connectivity index (χ4n) is 2.43. The summed E-state index contributed by atoms with van der Waals surface area (Å²) in [6, 6.07) is 8.06. The molecule has 144 valence electrons. The van der Waals surface area contributed by atoms with Crippen LogP contribution in [0, 0.1) is 5.82 Å². The van der Waals surface area contributed by atoms with Crippen LogP contribution in [0.15, 0.2) is 36.4 Å². The minimum absolute atomic E-state index is 0.235. The average Bonchev–Trinajstić information content (AvgIpc) is 2.66. The summed E-state index contributed by atoms with van der Waals surface area (Å²) in [5.74, 6) is -1.28. The number of hydrogen-bond acceptors (Lipinski definition) is 5. The highest BCUT2D eigenvalue weighted by molar-refractivity contribution is 5.94. The van der Waals surface area contributed by atoms with E-state index in [0.29, 0.717) is 5.75 Å². The summed E-state index contributed by atoms with van der Waals surface area (Å²) >= 11 is 0. The van der Waals surface area contributed by atoms with Gasteiger partial charge in [-0.15, -0.1) is 0 Å². The zero-order valence-corrected chi connectivity index (χ0v) is 15.1. The summed E-state index contributed by atoms with van der Waals surface area (Å²) in [4.78, 5) is 23.0. The van der Waals surface area contributed by atoms with Gasteiger partial charge in [-0.05, 0) is 31.2 Å². The molecule has 0 heterocycles. The van der Waals surface area contributed by atoms with Gasteiger partial charge in [0.15, 0.2) is 18.1 Å². The molecule has 0 aliphatic carbocycles. The molecule has 1 amide bonds. The fraction of sp³-hybridized carbons (Fsp3) is 0.263.